The van der Waals surface area contributed by atoms with Gasteiger partial charge < -0.3 is 10.2 Å². The molecule has 0 heterocycles. The molecular weight excluding hydrogens is 379 g/mol. The largest absolute Gasteiger partial charge is 0.352 e. The summed E-state index contributed by atoms with van der Waals surface area (Å²) in [6.45, 7) is 7.60. The number of halogens is 2. The monoisotopic (exact) mass is 404 g/mol. The minimum Gasteiger partial charge on any atom is -0.352 e. The molecule has 0 aliphatic heterocycles. The minimum atomic E-state index is -0.707. The fraction of sp³-hybridized carbons (Fsp3) is 0.364. The lowest BCUT2D eigenvalue weighted by Gasteiger charge is -2.29. The number of benzene rings is 2. The van der Waals surface area contributed by atoms with Crippen LogP contribution >= 0.6 is 11.6 Å². The van der Waals surface area contributed by atoms with Crippen molar-refractivity contribution in [3.63, 3.8) is 0 Å². The van der Waals surface area contributed by atoms with Gasteiger partial charge in [0.1, 0.15) is 11.9 Å². The Bertz CT molecular complexity index is 834. The molecule has 0 fully saturated rings. The average molecular weight is 405 g/mol. The van der Waals surface area contributed by atoms with Gasteiger partial charge in [-0.3, -0.25) is 9.59 Å². The van der Waals surface area contributed by atoms with E-state index in [9.17, 15) is 14.0 Å². The second-order valence-electron chi connectivity index (χ2n) is 7.23. The maximum atomic E-state index is 14.2. The van der Waals surface area contributed by atoms with Crippen LogP contribution < -0.4 is 5.32 Å². The van der Waals surface area contributed by atoms with E-state index in [4.69, 9.17) is 11.6 Å². The molecule has 0 bridgehead atoms. The van der Waals surface area contributed by atoms with Crippen molar-refractivity contribution in [3.05, 3.63) is 70.0 Å². The quantitative estimate of drug-likeness (QED) is 0.749. The Morgan fingerprint density at radius 2 is 1.82 bits per heavy atom. The molecule has 2 aromatic rings. The van der Waals surface area contributed by atoms with E-state index < -0.39 is 11.9 Å². The highest BCUT2D eigenvalue weighted by Gasteiger charge is 2.27. The second kappa shape index (κ2) is 9.69. The second-order valence-corrected chi connectivity index (χ2v) is 7.63. The summed E-state index contributed by atoms with van der Waals surface area (Å²) >= 11 is 6.08. The predicted molar refractivity (Wildman–Crippen MR) is 110 cm³/mol. The number of rotatable bonds is 7. The van der Waals surface area contributed by atoms with Gasteiger partial charge >= 0.3 is 0 Å². The summed E-state index contributed by atoms with van der Waals surface area (Å²) in [4.78, 5) is 27.1. The molecule has 0 radical (unpaired) electrons. The van der Waals surface area contributed by atoms with E-state index >= 15 is 0 Å². The molecule has 2 amide bonds. The van der Waals surface area contributed by atoms with Gasteiger partial charge in [0, 0.05) is 23.2 Å². The molecule has 1 N–H and O–H groups in total. The Balaban J connectivity index is 2.30. The van der Waals surface area contributed by atoms with Crippen LogP contribution in [0.5, 0.6) is 0 Å². The molecule has 0 saturated carbocycles. The number of nitrogens with zero attached hydrogens (tertiary/aromatic N) is 1. The highest BCUT2D eigenvalue weighted by Crippen LogP contribution is 2.21. The molecule has 1 atom stereocenters. The van der Waals surface area contributed by atoms with Crippen LogP contribution in [0.1, 0.15) is 37.5 Å². The number of carbonyl (C=O) groups is 2. The summed E-state index contributed by atoms with van der Waals surface area (Å²) in [5.74, 6) is -1.15. The van der Waals surface area contributed by atoms with Crippen molar-refractivity contribution in [1.82, 2.24) is 10.2 Å². The van der Waals surface area contributed by atoms with Crippen molar-refractivity contribution >= 4 is 23.4 Å². The Kier molecular flexibility index (Phi) is 7.58. The SMILES string of the molecule is Cc1cccc(CN(C(=O)Cc2c(F)cccc2Cl)[C@H](C)C(=O)NC(C)C)c1. The number of hydrogen-bond acceptors (Lipinski definition) is 2. The number of hydrogen-bond donors (Lipinski definition) is 1. The molecule has 28 heavy (non-hydrogen) atoms. The number of carbonyl (C=O) groups excluding carboxylic acids is 2. The summed E-state index contributed by atoms with van der Waals surface area (Å²) in [5, 5.41) is 3.03. The summed E-state index contributed by atoms with van der Waals surface area (Å²) in [7, 11) is 0. The van der Waals surface area contributed by atoms with E-state index in [2.05, 4.69) is 5.32 Å². The van der Waals surface area contributed by atoms with E-state index in [-0.39, 0.29) is 41.4 Å². The van der Waals surface area contributed by atoms with Crippen LogP contribution in [0.3, 0.4) is 0 Å². The van der Waals surface area contributed by atoms with Gasteiger partial charge in [-0.25, -0.2) is 4.39 Å². The van der Waals surface area contributed by atoms with Gasteiger partial charge in [-0.05, 0) is 45.4 Å². The topological polar surface area (TPSA) is 49.4 Å². The highest BCUT2D eigenvalue weighted by molar-refractivity contribution is 6.31. The molecule has 0 saturated heterocycles. The van der Waals surface area contributed by atoms with Crippen LogP contribution in [-0.2, 0) is 22.6 Å². The third-order valence-corrected chi connectivity index (χ3v) is 4.78. The summed E-state index contributed by atoms with van der Waals surface area (Å²) in [6, 6.07) is 11.3. The minimum absolute atomic E-state index is 0.0492. The first kappa shape index (κ1) is 21.9. The van der Waals surface area contributed by atoms with E-state index in [1.165, 1.54) is 17.0 Å². The van der Waals surface area contributed by atoms with E-state index in [0.29, 0.717) is 0 Å². The Hall–Kier alpha value is -2.40. The fourth-order valence-electron chi connectivity index (χ4n) is 2.95. The average Bonchev–Trinajstić information content (AvgIpc) is 2.61. The van der Waals surface area contributed by atoms with Gasteiger partial charge in [0.2, 0.25) is 11.8 Å². The van der Waals surface area contributed by atoms with Gasteiger partial charge in [-0.2, -0.15) is 0 Å². The van der Waals surface area contributed by atoms with Gasteiger partial charge in [-0.15, -0.1) is 0 Å². The molecule has 0 aliphatic rings. The summed E-state index contributed by atoms with van der Waals surface area (Å²) < 4.78 is 14.2. The first-order valence-electron chi connectivity index (χ1n) is 9.27. The molecule has 0 spiro atoms. The van der Waals surface area contributed by atoms with Crippen molar-refractivity contribution in [2.24, 2.45) is 0 Å². The van der Waals surface area contributed by atoms with Crippen LogP contribution in [0.25, 0.3) is 0 Å². The molecule has 0 aliphatic carbocycles. The van der Waals surface area contributed by atoms with Crippen LogP contribution in [0, 0.1) is 12.7 Å². The summed E-state index contributed by atoms with van der Waals surface area (Å²) in [6.07, 6.45) is -0.212. The lowest BCUT2D eigenvalue weighted by molar-refractivity contribution is -0.140. The lowest BCUT2D eigenvalue weighted by atomic mass is 10.1. The smallest absolute Gasteiger partial charge is 0.242 e. The highest BCUT2D eigenvalue weighted by atomic mass is 35.5. The van der Waals surface area contributed by atoms with E-state index in [1.54, 1.807) is 13.0 Å². The molecule has 2 aromatic carbocycles. The fourth-order valence-corrected chi connectivity index (χ4v) is 3.18. The third-order valence-electron chi connectivity index (χ3n) is 4.42. The number of amides is 2. The normalized spacial score (nSPS) is 12.0. The Labute approximate surface area is 170 Å². The standard InChI is InChI=1S/C22H26ClFN2O2/c1-14(2)25-22(28)16(4)26(13-17-8-5-7-15(3)11-17)21(27)12-18-19(23)9-6-10-20(18)24/h5-11,14,16H,12-13H2,1-4H3,(H,25,28)/t16-/m1/s1. The first-order valence-corrected chi connectivity index (χ1v) is 9.65. The van der Waals surface area contributed by atoms with Crippen molar-refractivity contribution in [2.45, 2.75) is 52.7 Å². The maximum Gasteiger partial charge on any atom is 0.242 e. The maximum absolute atomic E-state index is 14.2. The van der Waals surface area contributed by atoms with Crippen molar-refractivity contribution in [2.75, 3.05) is 0 Å². The van der Waals surface area contributed by atoms with Crippen LogP contribution in [0.2, 0.25) is 5.02 Å². The molecule has 150 valence electrons. The lowest BCUT2D eigenvalue weighted by Crippen LogP contribution is -2.49. The summed E-state index contributed by atoms with van der Waals surface area (Å²) in [5.41, 5.74) is 2.10. The predicted octanol–water partition coefficient (Wildman–Crippen LogP) is 4.27. The van der Waals surface area contributed by atoms with Crippen LogP contribution in [-0.4, -0.2) is 28.8 Å². The number of nitrogens with one attached hydrogen (secondary N) is 1. The van der Waals surface area contributed by atoms with E-state index in [1.807, 2.05) is 45.0 Å². The zero-order valence-electron chi connectivity index (χ0n) is 16.6. The molecule has 0 unspecified atom stereocenters. The van der Waals surface area contributed by atoms with Crippen molar-refractivity contribution in [3.8, 4) is 0 Å². The van der Waals surface area contributed by atoms with Crippen molar-refractivity contribution in [1.29, 1.82) is 0 Å². The molecule has 2 rings (SSSR count). The van der Waals surface area contributed by atoms with Crippen LogP contribution in [0.4, 0.5) is 4.39 Å². The molecule has 6 heteroatoms. The van der Waals surface area contributed by atoms with Crippen LogP contribution in [0.15, 0.2) is 42.5 Å². The zero-order valence-corrected chi connectivity index (χ0v) is 17.4. The van der Waals surface area contributed by atoms with Gasteiger partial charge in [0.05, 0.1) is 6.42 Å². The Morgan fingerprint density at radius 1 is 1.14 bits per heavy atom. The first-order chi connectivity index (χ1) is 13.2. The van der Waals surface area contributed by atoms with Crippen molar-refractivity contribution < 1.29 is 14.0 Å². The van der Waals surface area contributed by atoms with E-state index in [0.717, 1.165) is 11.1 Å². The Morgan fingerprint density at radius 3 is 2.43 bits per heavy atom. The van der Waals surface area contributed by atoms with Gasteiger partial charge in [0.15, 0.2) is 0 Å². The van der Waals surface area contributed by atoms with Gasteiger partial charge in [0.25, 0.3) is 0 Å². The van der Waals surface area contributed by atoms with Gasteiger partial charge in [-0.1, -0.05) is 47.5 Å². The number of aryl methyl sites for hydroxylation is 1. The zero-order chi connectivity index (χ0) is 20.8. The molecular formula is C22H26ClFN2O2. The molecule has 4 nitrogen and oxygen atoms in total. The third kappa shape index (κ3) is 5.80. The molecule has 0 aromatic heterocycles.